The molecule has 0 spiro atoms. The van der Waals surface area contributed by atoms with E-state index in [1.807, 2.05) is 79.7 Å². The van der Waals surface area contributed by atoms with Crippen LogP contribution < -0.4 is 10.8 Å². The largest absolute Gasteiger partial charge is 0.505 e. The number of phenolic OH excluding ortho intramolecular Hbond substituents is 2. The number of carbonyl (C=O) groups is 1. The van der Waals surface area contributed by atoms with Gasteiger partial charge in [-0.2, -0.15) is 10.2 Å². The third kappa shape index (κ3) is 8.13. The van der Waals surface area contributed by atoms with E-state index in [-0.39, 0.29) is 29.4 Å². The van der Waals surface area contributed by atoms with E-state index < -0.39 is 5.91 Å². The number of anilines is 2. The van der Waals surface area contributed by atoms with E-state index in [0.29, 0.717) is 82.8 Å². The van der Waals surface area contributed by atoms with Crippen LogP contribution in [0, 0.1) is 6.92 Å². The minimum absolute atomic E-state index is 0.0236. The number of benzene rings is 8. The Morgan fingerprint density at radius 2 is 1.34 bits per heavy atom. The normalized spacial score (nSPS) is 11.7. The summed E-state index contributed by atoms with van der Waals surface area (Å²) < 4.78 is 6.19. The number of carbonyl (C=O) groups excluding carboxylic acids is 1. The maximum absolute atomic E-state index is 13.4. The number of hydrogen-bond donors (Lipinski definition) is 4. The number of oxazole rings is 1. The molecule has 4 N–H and O–H groups in total. The summed E-state index contributed by atoms with van der Waals surface area (Å²) in [7, 11) is 0. The molecule has 0 bridgehead atoms. The molecule has 9 aromatic rings. The quantitative estimate of drug-likeness (QED) is 0.0742. The maximum Gasteiger partial charge on any atom is 0.259 e. The Bertz CT molecular complexity index is 3260. The lowest BCUT2D eigenvalue weighted by molar-refractivity contribution is 0.102. The summed E-state index contributed by atoms with van der Waals surface area (Å²) in [5, 5.41) is 47.1. The van der Waals surface area contributed by atoms with E-state index in [2.05, 4.69) is 31.3 Å². The summed E-state index contributed by atoms with van der Waals surface area (Å²) in [6, 6.07) is 43.1. The molecule has 8 aromatic carbocycles. The number of aryl methyl sites for hydroxylation is 1. The number of nitrogens with one attached hydrogen (secondary N) is 2. The van der Waals surface area contributed by atoms with Gasteiger partial charge < -0.3 is 19.9 Å². The number of rotatable bonds is 11. The van der Waals surface area contributed by atoms with Crippen molar-refractivity contribution in [1.29, 1.82) is 0 Å². The van der Waals surface area contributed by atoms with Gasteiger partial charge in [0.2, 0.25) is 5.89 Å². The van der Waals surface area contributed by atoms with Crippen LogP contribution in [0.1, 0.15) is 21.5 Å². The summed E-state index contributed by atoms with van der Waals surface area (Å²) in [6.07, 6.45) is 0. The van der Waals surface area contributed by atoms with Gasteiger partial charge in [-0.25, -0.2) is 4.98 Å². The second-order valence-electron chi connectivity index (χ2n) is 14.2. The molecule has 0 saturated carbocycles. The van der Waals surface area contributed by atoms with Gasteiger partial charge in [-0.3, -0.25) is 15.1 Å². The van der Waals surface area contributed by atoms with Crippen molar-refractivity contribution in [3.63, 3.8) is 0 Å². The fourth-order valence-electron chi connectivity index (χ4n) is 6.88. The van der Waals surface area contributed by atoms with Crippen molar-refractivity contribution in [1.82, 2.24) is 4.98 Å². The molecule has 0 saturated heterocycles. The molecule has 12 nitrogen and oxygen atoms in total. The number of phenols is 2. The smallest absolute Gasteiger partial charge is 0.259 e. The summed E-state index contributed by atoms with van der Waals surface area (Å²) in [5.41, 5.74) is 8.40. The summed E-state index contributed by atoms with van der Waals surface area (Å²) >= 11 is 12.5. The first-order valence-corrected chi connectivity index (χ1v) is 20.0. The maximum atomic E-state index is 13.4. The lowest BCUT2D eigenvalue weighted by Gasteiger charge is -2.12. The number of para-hydroxylation sites is 2. The summed E-state index contributed by atoms with van der Waals surface area (Å²) in [6.45, 7) is 1.90. The predicted molar refractivity (Wildman–Crippen MR) is 243 cm³/mol. The highest BCUT2D eigenvalue weighted by molar-refractivity contribution is 6.34. The van der Waals surface area contributed by atoms with Crippen LogP contribution in [0.4, 0.5) is 34.1 Å². The van der Waals surface area contributed by atoms with Crippen LogP contribution in [0.5, 0.6) is 11.5 Å². The number of azo groups is 2. The minimum atomic E-state index is -0.546. The van der Waals surface area contributed by atoms with Crippen LogP contribution >= 0.6 is 23.2 Å². The second-order valence-corrected chi connectivity index (χ2v) is 15.0. The summed E-state index contributed by atoms with van der Waals surface area (Å²) in [5.74, 6) is -0.549. The molecule has 9 rings (SSSR count). The Labute approximate surface area is 363 Å². The van der Waals surface area contributed by atoms with E-state index in [9.17, 15) is 15.0 Å². The Hall–Kier alpha value is -7.64. The van der Waals surface area contributed by atoms with Gasteiger partial charge in [0.15, 0.2) is 11.3 Å². The monoisotopic (exact) mass is 857 g/mol. The number of nitrogens with zero attached hydrogens (tertiary/aromatic N) is 5. The molecule has 62 heavy (non-hydrogen) atoms. The molecular weight excluding hydrogens is 825 g/mol. The Morgan fingerprint density at radius 3 is 2.06 bits per heavy atom. The van der Waals surface area contributed by atoms with E-state index in [4.69, 9.17) is 37.4 Å². The van der Waals surface area contributed by atoms with Crippen LogP contribution in [0.3, 0.4) is 0 Å². The van der Waals surface area contributed by atoms with E-state index in [0.717, 1.165) is 10.9 Å². The molecule has 0 radical (unpaired) electrons. The number of aromatic nitrogens is 1. The lowest BCUT2D eigenvalue weighted by atomic mass is 10.0. The third-order valence-electron chi connectivity index (χ3n) is 10.1. The number of fused-ring (bicyclic) bond motifs is 3. The standard InChI is InChI=1S/C48H33Cl2N7O5/c1-27-22-30(18-20-38(27)54-56-44-34-13-5-3-11-29(34)24-35(46(44)59)47(60)51-39-16-8-6-14-36(39)49)48-52-41-21-19-32(25-42(41)62-48)53-55-43-33-12-4-2-10-28(33)23-31(45(43)58)26-61-57-40-17-9-7-15-37(40)50/h2-25,57-59H,26H2,1H3,(H,51,60). The lowest BCUT2D eigenvalue weighted by Crippen LogP contribution is -2.12. The molecule has 0 fully saturated rings. The third-order valence-corrected chi connectivity index (χ3v) is 10.7. The van der Waals surface area contributed by atoms with Crippen molar-refractivity contribution in [2.45, 2.75) is 13.5 Å². The minimum Gasteiger partial charge on any atom is -0.505 e. The second kappa shape index (κ2) is 17.1. The number of aromatic hydroxyl groups is 2. The van der Waals surface area contributed by atoms with Crippen LogP contribution in [0.25, 0.3) is 44.1 Å². The molecular formula is C48H33Cl2N7O5. The first-order valence-electron chi connectivity index (χ1n) is 19.2. The average molecular weight is 859 g/mol. The zero-order valence-electron chi connectivity index (χ0n) is 32.7. The molecule has 0 aliphatic heterocycles. The van der Waals surface area contributed by atoms with E-state index in [1.54, 1.807) is 72.8 Å². The number of halogens is 2. The molecule has 304 valence electrons. The first-order chi connectivity index (χ1) is 30.2. The van der Waals surface area contributed by atoms with Crippen molar-refractivity contribution in [2.75, 3.05) is 10.8 Å². The highest BCUT2D eigenvalue weighted by atomic mass is 35.5. The van der Waals surface area contributed by atoms with Gasteiger partial charge >= 0.3 is 0 Å². The molecule has 1 amide bonds. The Kier molecular flexibility index (Phi) is 11.0. The highest BCUT2D eigenvalue weighted by Crippen LogP contribution is 2.42. The van der Waals surface area contributed by atoms with Gasteiger partial charge in [0.25, 0.3) is 5.91 Å². The predicted octanol–water partition coefficient (Wildman–Crippen LogP) is 14.5. The van der Waals surface area contributed by atoms with Crippen LogP contribution in [0.2, 0.25) is 10.0 Å². The number of amides is 1. The molecule has 14 heteroatoms. The van der Waals surface area contributed by atoms with Crippen molar-refractivity contribution >= 4 is 95.9 Å². The highest BCUT2D eigenvalue weighted by Gasteiger charge is 2.20. The molecule has 1 heterocycles. The van der Waals surface area contributed by atoms with Crippen molar-refractivity contribution in [2.24, 2.45) is 20.5 Å². The average Bonchev–Trinajstić information content (AvgIpc) is 3.71. The topological polar surface area (TPSA) is 166 Å². The van der Waals surface area contributed by atoms with Crippen molar-refractivity contribution < 1.29 is 24.3 Å². The first kappa shape index (κ1) is 39.8. The molecule has 0 atom stereocenters. The van der Waals surface area contributed by atoms with E-state index >= 15 is 0 Å². The van der Waals surface area contributed by atoms with Crippen molar-refractivity contribution in [3.8, 4) is 23.0 Å². The van der Waals surface area contributed by atoms with Gasteiger partial charge in [0.05, 0.1) is 38.4 Å². The van der Waals surface area contributed by atoms with Gasteiger partial charge in [-0.05, 0) is 90.0 Å². The van der Waals surface area contributed by atoms with Gasteiger partial charge in [-0.1, -0.05) is 96.0 Å². The molecule has 0 unspecified atom stereocenters. The molecule has 0 aliphatic carbocycles. The van der Waals surface area contributed by atoms with E-state index in [1.165, 1.54) is 0 Å². The molecule has 1 aromatic heterocycles. The SMILES string of the molecule is Cc1cc(-c2nc3ccc(N=Nc4c(O)c(CONc5ccccc5Cl)cc5ccccc45)cc3o2)ccc1N=Nc1c(O)c(C(=O)Nc2ccccc2Cl)cc2ccccc12. The zero-order valence-corrected chi connectivity index (χ0v) is 34.2. The molecule has 0 aliphatic rings. The van der Waals surface area contributed by atoms with Gasteiger partial charge in [0, 0.05) is 28.0 Å². The van der Waals surface area contributed by atoms with Crippen LogP contribution in [-0.2, 0) is 11.4 Å². The number of hydrogen-bond acceptors (Lipinski definition) is 11. The van der Waals surface area contributed by atoms with Gasteiger partial charge in [-0.15, -0.1) is 10.2 Å². The van der Waals surface area contributed by atoms with Crippen LogP contribution in [-0.4, -0.2) is 21.1 Å². The fourth-order valence-corrected chi connectivity index (χ4v) is 7.23. The van der Waals surface area contributed by atoms with Crippen molar-refractivity contribution in [3.05, 3.63) is 172 Å². The Morgan fingerprint density at radius 1 is 0.694 bits per heavy atom. The zero-order chi connectivity index (χ0) is 42.7. The van der Waals surface area contributed by atoms with Crippen LogP contribution in [0.15, 0.2) is 170 Å². The fraction of sp³-hybridized carbons (Fsp3) is 0.0417. The van der Waals surface area contributed by atoms with Gasteiger partial charge in [0.1, 0.15) is 29.2 Å². The summed E-state index contributed by atoms with van der Waals surface area (Å²) in [4.78, 5) is 23.7. The Balaban J connectivity index is 0.951.